The Morgan fingerprint density at radius 3 is 2.31 bits per heavy atom. The van der Waals surface area contributed by atoms with Gasteiger partial charge >= 0.3 is 5.69 Å². The molecule has 1 aromatic heterocycles. The van der Waals surface area contributed by atoms with Crippen LogP contribution in [0.3, 0.4) is 0 Å². The molecule has 0 aliphatic carbocycles. The average Bonchev–Trinajstić information content (AvgIpc) is 3.17. The molecule has 7 nitrogen and oxygen atoms in total. The summed E-state index contributed by atoms with van der Waals surface area (Å²) in [5, 5.41) is 4.19. The molecule has 0 atom stereocenters. The van der Waals surface area contributed by atoms with Gasteiger partial charge in [0.2, 0.25) is 5.82 Å². The molecular weight excluding hydrogens is 366 g/mol. The van der Waals surface area contributed by atoms with Gasteiger partial charge in [-0.1, -0.05) is 60.7 Å². The summed E-state index contributed by atoms with van der Waals surface area (Å²) in [6.45, 7) is 3.63. The first-order valence-electron chi connectivity index (χ1n) is 9.69. The number of carbonyl (C=O) groups excluding carboxylic acids is 1. The van der Waals surface area contributed by atoms with Gasteiger partial charge in [0.1, 0.15) is 0 Å². The third-order valence-corrected chi connectivity index (χ3v) is 4.95. The summed E-state index contributed by atoms with van der Waals surface area (Å²) in [6.07, 6.45) is 4.25. The van der Waals surface area contributed by atoms with Crippen LogP contribution in [-0.2, 0) is 0 Å². The maximum absolute atomic E-state index is 12.7. The van der Waals surface area contributed by atoms with Crippen molar-refractivity contribution in [1.29, 1.82) is 0 Å². The smallest absolute Gasteiger partial charge is 0.333 e. The summed E-state index contributed by atoms with van der Waals surface area (Å²) in [7, 11) is 0. The highest BCUT2D eigenvalue weighted by Gasteiger charge is 2.24. The Kier molecular flexibility index (Phi) is 5.67. The van der Waals surface area contributed by atoms with Crippen molar-refractivity contribution >= 4 is 12.0 Å². The SMILES string of the molecule is O=C(c1nn(-c2ccccc2)c(=O)[nH]1)N1CCN(C/C=C/c2ccccc2)CC1. The van der Waals surface area contributed by atoms with Crippen molar-refractivity contribution in [3.05, 3.63) is 88.6 Å². The van der Waals surface area contributed by atoms with Crippen molar-refractivity contribution in [3.63, 3.8) is 0 Å². The lowest BCUT2D eigenvalue weighted by molar-refractivity contribution is 0.0638. The van der Waals surface area contributed by atoms with E-state index in [0.717, 1.165) is 19.6 Å². The lowest BCUT2D eigenvalue weighted by Crippen LogP contribution is -2.48. The minimum Gasteiger partial charge on any atom is -0.333 e. The van der Waals surface area contributed by atoms with E-state index in [0.29, 0.717) is 18.8 Å². The number of hydrogen-bond acceptors (Lipinski definition) is 4. The van der Waals surface area contributed by atoms with Gasteiger partial charge in [0, 0.05) is 32.7 Å². The van der Waals surface area contributed by atoms with Crippen molar-refractivity contribution < 1.29 is 4.79 Å². The van der Waals surface area contributed by atoms with Crippen LogP contribution in [0.2, 0.25) is 0 Å². The zero-order chi connectivity index (χ0) is 20.1. The van der Waals surface area contributed by atoms with Gasteiger partial charge in [0.05, 0.1) is 5.69 Å². The number of nitrogens with one attached hydrogen (secondary N) is 1. The van der Waals surface area contributed by atoms with Crippen molar-refractivity contribution in [2.24, 2.45) is 0 Å². The third kappa shape index (κ3) is 4.52. The van der Waals surface area contributed by atoms with E-state index in [2.05, 4.69) is 39.3 Å². The second kappa shape index (κ2) is 8.70. The second-order valence-corrected chi connectivity index (χ2v) is 6.93. The lowest BCUT2D eigenvalue weighted by Gasteiger charge is -2.33. The number of hydrogen-bond donors (Lipinski definition) is 1. The molecule has 1 aliphatic heterocycles. The van der Waals surface area contributed by atoms with Crippen molar-refractivity contribution in [3.8, 4) is 5.69 Å². The molecule has 0 radical (unpaired) electrons. The number of piperazine rings is 1. The molecule has 2 aromatic carbocycles. The van der Waals surface area contributed by atoms with Gasteiger partial charge in [-0.15, -0.1) is 5.10 Å². The summed E-state index contributed by atoms with van der Waals surface area (Å²) in [4.78, 5) is 31.5. The Morgan fingerprint density at radius 1 is 0.966 bits per heavy atom. The minimum absolute atomic E-state index is 0.0799. The normalized spacial score (nSPS) is 15.1. The van der Waals surface area contributed by atoms with E-state index in [-0.39, 0.29) is 11.7 Å². The predicted molar refractivity (Wildman–Crippen MR) is 112 cm³/mol. The first kappa shape index (κ1) is 18.9. The fourth-order valence-corrected chi connectivity index (χ4v) is 3.35. The van der Waals surface area contributed by atoms with E-state index in [1.165, 1.54) is 10.2 Å². The van der Waals surface area contributed by atoms with Crippen LogP contribution in [0.25, 0.3) is 11.8 Å². The zero-order valence-electron chi connectivity index (χ0n) is 16.1. The quantitative estimate of drug-likeness (QED) is 0.725. The van der Waals surface area contributed by atoms with Crippen LogP contribution >= 0.6 is 0 Å². The molecular formula is C22H23N5O2. The zero-order valence-corrected chi connectivity index (χ0v) is 16.1. The van der Waals surface area contributed by atoms with Crippen molar-refractivity contribution in [2.45, 2.75) is 0 Å². The number of benzene rings is 2. The molecule has 1 fully saturated rings. The van der Waals surface area contributed by atoms with Crippen molar-refractivity contribution in [1.82, 2.24) is 24.6 Å². The summed E-state index contributed by atoms with van der Waals surface area (Å²) < 4.78 is 1.22. The Bertz CT molecular complexity index is 1030. The van der Waals surface area contributed by atoms with E-state index in [4.69, 9.17) is 0 Å². The highest BCUT2D eigenvalue weighted by Crippen LogP contribution is 2.08. The van der Waals surface area contributed by atoms with E-state index < -0.39 is 5.69 Å². The van der Waals surface area contributed by atoms with Crippen LogP contribution < -0.4 is 5.69 Å². The number of aromatic nitrogens is 3. The van der Waals surface area contributed by atoms with Crippen LogP contribution in [0.1, 0.15) is 16.2 Å². The molecule has 3 aromatic rings. The van der Waals surface area contributed by atoms with Crippen molar-refractivity contribution in [2.75, 3.05) is 32.7 Å². The van der Waals surface area contributed by atoms with E-state index in [9.17, 15) is 9.59 Å². The molecule has 0 unspecified atom stereocenters. The second-order valence-electron chi connectivity index (χ2n) is 6.93. The van der Waals surface area contributed by atoms with Gasteiger partial charge in [0.15, 0.2) is 0 Å². The number of nitrogens with zero attached hydrogens (tertiary/aromatic N) is 4. The van der Waals surface area contributed by atoms with Gasteiger partial charge in [-0.05, 0) is 17.7 Å². The minimum atomic E-state index is -0.413. The van der Waals surface area contributed by atoms with Crippen LogP contribution in [0, 0.1) is 0 Å². The number of aromatic amines is 1. The molecule has 2 heterocycles. The van der Waals surface area contributed by atoms with Gasteiger partial charge in [-0.2, -0.15) is 4.68 Å². The highest BCUT2D eigenvalue weighted by molar-refractivity contribution is 5.90. The summed E-state index contributed by atoms with van der Waals surface area (Å²) in [5.74, 6) is -0.160. The van der Waals surface area contributed by atoms with E-state index in [1.807, 2.05) is 36.4 Å². The van der Waals surface area contributed by atoms with E-state index in [1.54, 1.807) is 17.0 Å². The van der Waals surface area contributed by atoms with Crippen LogP contribution in [0.15, 0.2) is 71.5 Å². The first-order chi connectivity index (χ1) is 14.2. The molecule has 1 amide bonds. The van der Waals surface area contributed by atoms with E-state index >= 15 is 0 Å². The molecule has 29 heavy (non-hydrogen) atoms. The summed E-state index contributed by atoms with van der Waals surface area (Å²) in [5.41, 5.74) is 1.39. The first-order valence-corrected chi connectivity index (χ1v) is 9.69. The number of para-hydroxylation sites is 1. The molecule has 0 saturated carbocycles. The molecule has 0 bridgehead atoms. The molecule has 1 aliphatic rings. The molecule has 0 spiro atoms. The maximum atomic E-state index is 12.7. The number of rotatable bonds is 5. The van der Waals surface area contributed by atoms with Crippen LogP contribution in [-0.4, -0.2) is 63.2 Å². The number of amides is 1. The monoisotopic (exact) mass is 389 g/mol. The molecule has 1 N–H and O–H groups in total. The topological polar surface area (TPSA) is 74.2 Å². The average molecular weight is 389 g/mol. The third-order valence-electron chi connectivity index (χ3n) is 4.95. The summed E-state index contributed by atoms with van der Waals surface area (Å²) in [6, 6.07) is 19.3. The van der Waals surface area contributed by atoms with Crippen LogP contribution in [0.5, 0.6) is 0 Å². The Morgan fingerprint density at radius 2 is 1.62 bits per heavy atom. The molecule has 7 heteroatoms. The number of H-pyrrole nitrogens is 1. The number of carbonyl (C=O) groups is 1. The fourth-order valence-electron chi connectivity index (χ4n) is 3.35. The lowest BCUT2D eigenvalue weighted by atomic mass is 10.2. The Balaban J connectivity index is 1.34. The maximum Gasteiger partial charge on any atom is 0.348 e. The molecule has 1 saturated heterocycles. The van der Waals surface area contributed by atoms with Gasteiger partial charge in [-0.25, -0.2) is 4.79 Å². The standard InChI is InChI=1S/C22H23N5O2/c28-21(20-23-22(29)27(24-20)19-11-5-2-6-12-19)26-16-14-25(15-17-26)13-7-10-18-8-3-1-4-9-18/h1-12H,13-17H2,(H,23,24,29)/b10-7+. The fraction of sp³-hybridized carbons (Fsp3) is 0.227. The van der Waals surface area contributed by atoms with Gasteiger partial charge in [0.25, 0.3) is 5.91 Å². The summed E-state index contributed by atoms with van der Waals surface area (Å²) >= 11 is 0. The molecule has 148 valence electrons. The Hall–Kier alpha value is -3.45. The van der Waals surface area contributed by atoms with Crippen LogP contribution in [0.4, 0.5) is 0 Å². The Labute approximate surface area is 168 Å². The largest absolute Gasteiger partial charge is 0.348 e. The highest BCUT2D eigenvalue weighted by atomic mass is 16.2. The van der Waals surface area contributed by atoms with Gasteiger partial charge in [-0.3, -0.25) is 14.7 Å². The van der Waals surface area contributed by atoms with Gasteiger partial charge < -0.3 is 4.90 Å². The predicted octanol–water partition coefficient (Wildman–Crippen LogP) is 2.03. The molecule has 4 rings (SSSR count).